The Labute approximate surface area is 219 Å². The summed E-state index contributed by atoms with van der Waals surface area (Å²) in [6.07, 6.45) is 0. The Kier molecular flexibility index (Phi) is 7.44. The number of halogens is 2. The van der Waals surface area contributed by atoms with Crippen molar-refractivity contribution < 1.29 is 23.9 Å². The number of ether oxygens (including phenoxy) is 2. The van der Waals surface area contributed by atoms with E-state index >= 15 is 0 Å². The fraction of sp³-hybridized carbons (Fsp3) is 0.120. The molecular weight excluding hydrogens is 525 g/mol. The molecule has 0 radical (unpaired) electrons. The molecule has 3 N–H and O–H groups in total. The second kappa shape index (κ2) is 10.5. The molecule has 0 aliphatic heterocycles. The number of pyridine rings is 1. The van der Waals surface area contributed by atoms with Gasteiger partial charge in [0, 0.05) is 16.6 Å². The molecule has 4 aromatic rings. The van der Waals surface area contributed by atoms with Crippen LogP contribution < -0.4 is 15.8 Å². The van der Waals surface area contributed by atoms with Crippen LogP contribution >= 0.6 is 34.5 Å². The number of thiophene rings is 1. The minimum absolute atomic E-state index is 0.106. The van der Waals surface area contributed by atoms with E-state index < -0.39 is 24.3 Å². The predicted molar refractivity (Wildman–Crippen MR) is 141 cm³/mol. The molecule has 0 saturated carbocycles. The van der Waals surface area contributed by atoms with Gasteiger partial charge in [0.25, 0.3) is 5.91 Å². The van der Waals surface area contributed by atoms with Crippen molar-refractivity contribution in [2.75, 3.05) is 24.8 Å². The van der Waals surface area contributed by atoms with E-state index in [1.807, 2.05) is 19.1 Å². The highest BCUT2D eigenvalue weighted by Gasteiger charge is 2.20. The van der Waals surface area contributed by atoms with Crippen LogP contribution in [-0.4, -0.2) is 36.4 Å². The Morgan fingerprint density at radius 1 is 1.03 bits per heavy atom. The van der Waals surface area contributed by atoms with Gasteiger partial charge in [-0.15, -0.1) is 11.3 Å². The number of hydrogen-bond donors (Lipinski definition) is 2. The average molecular weight is 544 g/mol. The molecule has 184 valence electrons. The molecule has 1 amide bonds. The number of methoxy groups -OCH3 is 1. The maximum Gasteiger partial charge on any atom is 0.338 e. The first-order valence-electron chi connectivity index (χ1n) is 10.5. The van der Waals surface area contributed by atoms with E-state index in [0.717, 1.165) is 17.0 Å². The second-order valence-corrected chi connectivity index (χ2v) is 9.46. The average Bonchev–Trinajstić information content (AvgIpc) is 3.19. The summed E-state index contributed by atoms with van der Waals surface area (Å²) >= 11 is 13.0. The van der Waals surface area contributed by atoms with Crippen molar-refractivity contribution in [3.05, 3.63) is 80.3 Å². The SMILES string of the molecule is COc1ccc(C(=O)OCC(=O)c2ccc(Cl)c(Cl)c2)cc1NC(=O)c1sc2nc(C)ccc2c1N. The van der Waals surface area contributed by atoms with Crippen LogP contribution in [-0.2, 0) is 4.74 Å². The molecule has 0 atom stereocenters. The van der Waals surface area contributed by atoms with Gasteiger partial charge in [-0.1, -0.05) is 23.2 Å². The first-order valence-corrected chi connectivity index (χ1v) is 12.1. The van der Waals surface area contributed by atoms with Gasteiger partial charge in [0.2, 0.25) is 0 Å². The minimum atomic E-state index is -0.761. The van der Waals surface area contributed by atoms with Crippen molar-refractivity contribution in [2.24, 2.45) is 0 Å². The van der Waals surface area contributed by atoms with Crippen LogP contribution in [0.4, 0.5) is 11.4 Å². The van der Waals surface area contributed by atoms with Crippen LogP contribution in [0, 0.1) is 6.92 Å². The van der Waals surface area contributed by atoms with Gasteiger partial charge in [-0.25, -0.2) is 9.78 Å². The van der Waals surface area contributed by atoms with Crippen LogP contribution in [0.5, 0.6) is 5.75 Å². The number of amides is 1. The number of rotatable bonds is 7. The Balaban J connectivity index is 1.51. The van der Waals surface area contributed by atoms with E-state index in [2.05, 4.69) is 10.3 Å². The maximum atomic E-state index is 13.0. The molecule has 0 aliphatic carbocycles. The van der Waals surface area contributed by atoms with Crippen molar-refractivity contribution in [3.63, 3.8) is 0 Å². The van der Waals surface area contributed by atoms with Crippen molar-refractivity contribution >= 4 is 73.8 Å². The molecule has 2 aromatic carbocycles. The van der Waals surface area contributed by atoms with E-state index in [-0.39, 0.29) is 26.7 Å². The van der Waals surface area contributed by atoms with Gasteiger partial charge in [-0.3, -0.25) is 9.59 Å². The Hall–Kier alpha value is -3.66. The number of aryl methyl sites for hydroxylation is 1. The van der Waals surface area contributed by atoms with Crippen molar-refractivity contribution in [3.8, 4) is 5.75 Å². The number of Topliss-reactive ketones (excluding diaryl/α,β-unsaturated/α-hetero) is 1. The molecule has 4 rings (SSSR count). The molecule has 0 saturated heterocycles. The molecule has 0 fully saturated rings. The topological polar surface area (TPSA) is 121 Å². The Morgan fingerprint density at radius 3 is 2.50 bits per heavy atom. The van der Waals surface area contributed by atoms with Gasteiger partial charge in [0.05, 0.1) is 34.1 Å². The highest BCUT2D eigenvalue weighted by Crippen LogP contribution is 2.34. The number of carbonyl (C=O) groups excluding carboxylic acids is 3. The highest BCUT2D eigenvalue weighted by atomic mass is 35.5. The number of esters is 1. The molecule has 0 bridgehead atoms. The Morgan fingerprint density at radius 2 is 1.78 bits per heavy atom. The van der Waals surface area contributed by atoms with Gasteiger partial charge in [0.15, 0.2) is 12.4 Å². The van der Waals surface area contributed by atoms with Crippen LogP contribution in [0.2, 0.25) is 10.0 Å². The van der Waals surface area contributed by atoms with E-state index in [1.165, 1.54) is 43.5 Å². The fourth-order valence-corrected chi connectivity index (χ4v) is 4.67. The lowest BCUT2D eigenvalue weighted by Crippen LogP contribution is -2.16. The van der Waals surface area contributed by atoms with Crippen LogP contribution in [0.15, 0.2) is 48.5 Å². The number of ketones is 1. The van der Waals surface area contributed by atoms with Crippen LogP contribution in [0.25, 0.3) is 10.2 Å². The normalized spacial score (nSPS) is 10.8. The number of benzene rings is 2. The minimum Gasteiger partial charge on any atom is -0.495 e. The smallest absolute Gasteiger partial charge is 0.338 e. The zero-order chi connectivity index (χ0) is 26.0. The van der Waals surface area contributed by atoms with Gasteiger partial charge in [-0.05, 0) is 55.5 Å². The van der Waals surface area contributed by atoms with Gasteiger partial charge < -0.3 is 20.5 Å². The third-order valence-electron chi connectivity index (χ3n) is 5.20. The van der Waals surface area contributed by atoms with Crippen LogP contribution in [0.1, 0.15) is 36.1 Å². The molecule has 0 aliphatic rings. The fourth-order valence-electron chi connectivity index (χ4n) is 3.34. The van der Waals surface area contributed by atoms with Crippen molar-refractivity contribution in [1.29, 1.82) is 0 Å². The molecule has 8 nitrogen and oxygen atoms in total. The lowest BCUT2D eigenvalue weighted by Gasteiger charge is -2.12. The lowest BCUT2D eigenvalue weighted by atomic mass is 10.1. The molecule has 11 heteroatoms. The summed E-state index contributed by atoms with van der Waals surface area (Å²) in [7, 11) is 1.43. The number of nitrogens with zero attached hydrogens (tertiary/aromatic N) is 1. The number of aromatic nitrogens is 1. The summed E-state index contributed by atoms with van der Waals surface area (Å²) in [6, 6.07) is 12.4. The number of hydrogen-bond acceptors (Lipinski definition) is 8. The van der Waals surface area contributed by atoms with Gasteiger partial charge in [-0.2, -0.15) is 0 Å². The van der Waals surface area contributed by atoms with Crippen molar-refractivity contribution in [1.82, 2.24) is 4.98 Å². The third-order valence-corrected chi connectivity index (χ3v) is 7.05. The first-order chi connectivity index (χ1) is 17.2. The first kappa shape index (κ1) is 25.4. The Bertz CT molecular complexity index is 1520. The highest BCUT2D eigenvalue weighted by molar-refractivity contribution is 7.21. The second-order valence-electron chi connectivity index (χ2n) is 7.65. The van der Waals surface area contributed by atoms with E-state index in [4.69, 9.17) is 38.4 Å². The van der Waals surface area contributed by atoms with E-state index in [1.54, 1.807) is 0 Å². The monoisotopic (exact) mass is 543 g/mol. The third kappa shape index (κ3) is 5.28. The van der Waals surface area contributed by atoms with E-state index in [9.17, 15) is 14.4 Å². The summed E-state index contributed by atoms with van der Waals surface area (Å²) < 4.78 is 10.5. The van der Waals surface area contributed by atoms with E-state index in [0.29, 0.717) is 26.7 Å². The van der Waals surface area contributed by atoms with Gasteiger partial charge in [0.1, 0.15) is 15.5 Å². The number of nitrogens with one attached hydrogen (secondary N) is 1. The number of fused-ring (bicyclic) bond motifs is 1. The molecular formula is C25H19Cl2N3O5S. The summed E-state index contributed by atoms with van der Waals surface area (Å²) in [5, 5.41) is 3.94. The number of nitrogen functional groups attached to an aromatic ring is 1. The van der Waals surface area contributed by atoms with Gasteiger partial charge >= 0.3 is 5.97 Å². The number of anilines is 2. The predicted octanol–water partition coefficient (Wildman–Crippen LogP) is 5.79. The largest absolute Gasteiger partial charge is 0.495 e. The zero-order valence-corrected chi connectivity index (χ0v) is 21.4. The molecule has 0 spiro atoms. The summed E-state index contributed by atoms with van der Waals surface area (Å²) in [4.78, 5) is 43.3. The summed E-state index contributed by atoms with van der Waals surface area (Å²) in [5.41, 5.74) is 7.90. The lowest BCUT2D eigenvalue weighted by molar-refractivity contribution is 0.0474. The zero-order valence-electron chi connectivity index (χ0n) is 19.1. The molecule has 36 heavy (non-hydrogen) atoms. The summed E-state index contributed by atoms with van der Waals surface area (Å²) in [6.45, 7) is 1.35. The quantitative estimate of drug-likeness (QED) is 0.223. The van der Waals surface area contributed by atoms with Crippen LogP contribution in [0.3, 0.4) is 0 Å². The summed E-state index contributed by atoms with van der Waals surface area (Å²) in [5.74, 6) is -1.37. The number of nitrogens with two attached hydrogens (primary N) is 1. The number of carbonyl (C=O) groups is 3. The molecule has 0 unspecified atom stereocenters. The maximum absolute atomic E-state index is 13.0. The molecule has 2 aromatic heterocycles. The van der Waals surface area contributed by atoms with Crippen molar-refractivity contribution in [2.45, 2.75) is 6.92 Å². The standard InChI is InChI=1S/C25H19Cl2N3O5S/c1-12-3-6-15-21(28)22(36-24(15)29-12)23(32)30-18-10-14(5-8-20(18)34-2)25(33)35-11-19(31)13-4-7-16(26)17(27)9-13/h3-10H,11,28H2,1-2H3,(H,30,32). The molecule has 2 heterocycles.